The first kappa shape index (κ1) is 6.56. The molecule has 0 aromatic carbocycles. The summed E-state index contributed by atoms with van der Waals surface area (Å²) in [6.45, 7) is 4.81. The maximum Gasteiger partial charge on any atom is 0.0196 e. The standard InChI is InChI=1S/C8H13N/c1-2-3-4-5-6-8-7-9-8/h2-4,8-9H,1,5-7H2. The molecule has 0 bridgehead atoms. The average molecular weight is 123 g/mol. The Kier molecular flexibility index (Phi) is 2.52. The Bertz CT molecular complexity index is 112. The second kappa shape index (κ2) is 3.46. The monoisotopic (exact) mass is 123 g/mol. The largest absolute Gasteiger partial charge is 0.311 e. The normalized spacial score (nSPS) is 24.7. The summed E-state index contributed by atoms with van der Waals surface area (Å²) in [5.74, 6) is 0. The van der Waals surface area contributed by atoms with Gasteiger partial charge in [0.15, 0.2) is 0 Å². The summed E-state index contributed by atoms with van der Waals surface area (Å²) in [4.78, 5) is 0. The molecule has 1 atom stereocenters. The van der Waals surface area contributed by atoms with Gasteiger partial charge in [-0.2, -0.15) is 0 Å². The van der Waals surface area contributed by atoms with Gasteiger partial charge in [-0.3, -0.25) is 0 Å². The number of hydrogen-bond acceptors (Lipinski definition) is 1. The highest BCUT2D eigenvalue weighted by Crippen LogP contribution is 2.05. The van der Waals surface area contributed by atoms with Crippen molar-refractivity contribution in [3.63, 3.8) is 0 Å². The third kappa shape index (κ3) is 3.09. The van der Waals surface area contributed by atoms with Crippen molar-refractivity contribution >= 4 is 0 Å². The highest BCUT2D eigenvalue weighted by atomic mass is 15.1. The van der Waals surface area contributed by atoms with Gasteiger partial charge in [0.25, 0.3) is 0 Å². The van der Waals surface area contributed by atoms with Crippen LogP contribution in [0.15, 0.2) is 24.8 Å². The highest BCUT2D eigenvalue weighted by molar-refractivity contribution is 4.98. The van der Waals surface area contributed by atoms with E-state index in [1.807, 2.05) is 12.2 Å². The van der Waals surface area contributed by atoms with Gasteiger partial charge < -0.3 is 5.32 Å². The van der Waals surface area contributed by atoms with Crippen LogP contribution in [0.1, 0.15) is 12.8 Å². The summed E-state index contributed by atoms with van der Waals surface area (Å²) >= 11 is 0. The summed E-state index contributed by atoms with van der Waals surface area (Å²) in [5.41, 5.74) is 0. The van der Waals surface area contributed by atoms with E-state index in [1.165, 1.54) is 19.4 Å². The third-order valence-electron chi connectivity index (χ3n) is 1.45. The Morgan fingerprint density at radius 2 is 2.44 bits per heavy atom. The second-order valence-corrected chi connectivity index (χ2v) is 2.35. The minimum absolute atomic E-state index is 0.819. The number of hydrogen-bond donors (Lipinski definition) is 1. The SMILES string of the molecule is C=CC=CCCC1CN1. The molecule has 1 aliphatic heterocycles. The third-order valence-corrected chi connectivity index (χ3v) is 1.45. The summed E-state index contributed by atoms with van der Waals surface area (Å²) in [6.07, 6.45) is 8.45. The van der Waals surface area contributed by atoms with Crippen LogP contribution in [0.25, 0.3) is 0 Å². The molecule has 1 rings (SSSR count). The van der Waals surface area contributed by atoms with Gasteiger partial charge in [0, 0.05) is 12.6 Å². The fourth-order valence-corrected chi connectivity index (χ4v) is 0.777. The van der Waals surface area contributed by atoms with Crippen molar-refractivity contribution in [3.8, 4) is 0 Å². The van der Waals surface area contributed by atoms with E-state index in [9.17, 15) is 0 Å². The highest BCUT2D eigenvalue weighted by Gasteiger charge is 2.17. The summed E-state index contributed by atoms with van der Waals surface area (Å²) in [7, 11) is 0. The molecular weight excluding hydrogens is 110 g/mol. The van der Waals surface area contributed by atoms with Crippen molar-refractivity contribution in [1.29, 1.82) is 0 Å². The van der Waals surface area contributed by atoms with Gasteiger partial charge in [0.2, 0.25) is 0 Å². The van der Waals surface area contributed by atoms with E-state index in [0.717, 1.165) is 6.04 Å². The van der Waals surface area contributed by atoms with Gasteiger partial charge in [0.1, 0.15) is 0 Å². The fourth-order valence-electron chi connectivity index (χ4n) is 0.777. The van der Waals surface area contributed by atoms with Crippen molar-refractivity contribution < 1.29 is 0 Å². The molecule has 9 heavy (non-hydrogen) atoms. The van der Waals surface area contributed by atoms with Crippen molar-refractivity contribution in [1.82, 2.24) is 5.32 Å². The van der Waals surface area contributed by atoms with Gasteiger partial charge in [-0.05, 0) is 12.8 Å². The molecule has 1 saturated heterocycles. The topological polar surface area (TPSA) is 21.9 Å². The molecule has 0 radical (unpaired) electrons. The summed E-state index contributed by atoms with van der Waals surface area (Å²) < 4.78 is 0. The van der Waals surface area contributed by atoms with E-state index in [-0.39, 0.29) is 0 Å². The maximum atomic E-state index is 3.59. The van der Waals surface area contributed by atoms with Crippen LogP contribution in [-0.4, -0.2) is 12.6 Å². The predicted octanol–water partition coefficient (Wildman–Crippen LogP) is 1.48. The van der Waals surface area contributed by atoms with E-state index in [2.05, 4.69) is 18.0 Å². The molecule has 1 nitrogen and oxygen atoms in total. The van der Waals surface area contributed by atoms with Crippen LogP contribution in [0.2, 0.25) is 0 Å². The molecule has 0 spiro atoms. The lowest BCUT2D eigenvalue weighted by molar-refractivity contribution is 0.822. The fraction of sp³-hybridized carbons (Fsp3) is 0.500. The molecule has 1 heterocycles. The van der Waals surface area contributed by atoms with Crippen molar-refractivity contribution in [2.45, 2.75) is 18.9 Å². The number of nitrogens with one attached hydrogen (secondary N) is 1. The lowest BCUT2D eigenvalue weighted by Crippen LogP contribution is -1.86. The van der Waals surface area contributed by atoms with Gasteiger partial charge >= 0.3 is 0 Å². The molecular formula is C8H13N. The van der Waals surface area contributed by atoms with E-state index >= 15 is 0 Å². The van der Waals surface area contributed by atoms with Crippen LogP contribution in [0.5, 0.6) is 0 Å². The molecule has 0 aromatic rings. The zero-order chi connectivity index (χ0) is 6.53. The Balaban J connectivity index is 1.91. The van der Waals surface area contributed by atoms with E-state index < -0.39 is 0 Å². The Morgan fingerprint density at radius 3 is 3.00 bits per heavy atom. The molecule has 1 N–H and O–H groups in total. The van der Waals surface area contributed by atoms with E-state index in [4.69, 9.17) is 0 Å². The Hall–Kier alpha value is -0.560. The first-order valence-corrected chi connectivity index (χ1v) is 3.44. The predicted molar refractivity (Wildman–Crippen MR) is 40.4 cm³/mol. The minimum Gasteiger partial charge on any atom is -0.311 e. The zero-order valence-electron chi connectivity index (χ0n) is 5.64. The van der Waals surface area contributed by atoms with Gasteiger partial charge in [-0.1, -0.05) is 24.8 Å². The maximum absolute atomic E-state index is 3.59. The minimum atomic E-state index is 0.819. The molecule has 1 aliphatic rings. The summed E-state index contributed by atoms with van der Waals surface area (Å²) in [5, 5.41) is 3.25. The van der Waals surface area contributed by atoms with Gasteiger partial charge in [-0.25, -0.2) is 0 Å². The van der Waals surface area contributed by atoms with Crippen molar-refractivity contribution in [2.75, 3.05) is 6.54 Å². The van der Waals surface area contributed by atoms with E-state index in [1.54, 1.807) is 0 Å². The Labute approximate surface area is 56.5 Å². The molecule has 0 aliphatic carbocycles. The first-order chi connectivity index (χ1) is 4.43. The smallest absolute Gasteiger partial charge is 0.0196 e. The Morgan fingerprint density at radius 1 is 1.67 bits per heavy atom. The quantitative estimate of drug-likeness (QED) is 0.444. The van der Waals surface area contributed by atoms with Crippen molar-refractivity contribution in [3.05, 3.63) is 24.8 Å². The molecule has 0 aromatic heterocycles. The van der Waals surface area contributed by atoms with Crippen LogP contribution in [-0.2, 0) is 0 Å². The number of allylic oxidation sites excluding steroid dienone is 3. The van der Waals surface area contributed by atoms with Crippen molar-refractivity contribution in [2.24, 2.45) is 0 Å². The van der Waals surface area contributed by atoms with Crippen LogP contribution < -0.4 is 5.32 Å². The van der Waals surface area contributed by atoms with Crippen LogP contribution in [0.3, 0.4) is 0 Å². The average Bonchev–Trinajstić information content (AvgIpc) is 2.63. The molecule has 50 valence electrons. The van der Waals surface area contributed by atoms with Crippen LogP contribution in [0, 0.1) is 0 Å². The molecule has 0 saturated carbocycles. The first-order valence-electron chi connectivity index (χ1n) is 3.44. The van der Waals surface area contributed by atoms with Crippen LogP contribution >= 0.6 is 0 Å². The van der Waals surface area contributed by atoms with Gasteiger partial charge in [-0.15, -0.1) is 0 Å². The lowest BCUT2D eigenvalue weighted by Gasteiger charge is -1.86. The number of rotatable bonds is 4. The summed E-state index contributed by atoms with van der Waals surface area (Å²) in [6, 6.07) is 0.819. The zero-order valence-corrected chi connectivity index (χ0v) is 5.64. The molecule has 1 heteroatoms. The van der Waals surface area contributed by atoms with E-state index in [0.29, 0.717) is 0 Å². The molecule has 1 unspecified atom stereocenters. The second-order valence-electron chi connectivity index (χ2n) is 2.35. The van der Waals surface area contributed by atoms with Crippen LogP contribution in [0.4, 0.5) is 0 Å². The van der Waals surface area contributed by atoms with Gasteiger partial charge in [0.05, 0.1) is 0 Å². The lowest BCUT2D eigenvalue weighted by atomic mass is 10.2. The molecule has 1 fully saturated rings. The molecule has 0 amide bonds.